The summed E-state index contributed by atoms with van der Waals surface area (Å²) in [4.78, 5) is 4.58. The molecule has 0 unspecified atom stereocenters. The van der Waals surface area contributed by atoms with Gasteiger partial charge in [0.2, 0.25) is 0 Å². The number of anilines is 1. The molecule has 1 aromatic heterocycles. The van der Waals surface area contributed by atoms with Gasteiger partial charge in [0.25, 0.3) is 0 Å². The second-order valence-corrected chi connectivity index (χ2v) is 5.00. The van der Waals surface area contributed by atoms with Gasteiger partial charge in [0.15, 0.2) is 0 Å². The number of hydrogen-bond acceptors (Lipinski definition) is 2. The third-order valence-electron chi connectivity index (χ3n) is 3.56. The number of imidazole rings is 1. The van der Waals surface area contributed by atoms with Crippen LogP contribution in [0.15, 0.2) is 18.2 Å². The standard InChI is InChI=1S/C14H16FN3/c1-8-3-4-10(7-11(8)15)12-13(16)18(2)14(17-12)9-5-6-9/h3-4,7,9H,5-6,16H2,1-2H3. The van der Waals surface area contributed by atoms with Crippen molar-refractivity contribution in [3.05, 3.63) is 35.4 Å². The average Bonchev–Trinajstić information content (AvgIpc) is 3.13. The summed E-state index contributed by atoms with van der Waals surface area (Å²) in [6.07, 6.45) is 2.35. The molecule has 1 heterocycles. The summed E-state index contributed by atoms with van der Waals surface area (Å²) in [6, 6.07) is 5.13. The van der Waals surface area contributed by atoms with Gasteiger partial charge in [-0.2, -0.15) is 0 Å². The molecule has 0 atom stereocenters. The van der Waals surface area contributed by atoms with Crippen molar-refractivity contribution in [3.63, 3.8) is 0 Å². The van der Waals surface area contributed by atoms with Crippen LogP contribution >= 0.6 is 0 Å². The lowest BCUT2D eigenvalue weighted by atomic mass is 10.1. The van der Waals surface area contributed by atoms with Gasteiger partial charge in [0.1, 0.15) is 23.2 Å². The van der Waals surface area contributed by atoms with E-state index >= 15 is 0 Å². The van der Waals surface area contributed by atoms with Crippen molar-refractivity contribution in [2.75, 3.05) is 5.73 Å². The SMILES string of the molecule is Cc1ccc(-c2nc(C3CC3)n(C)c2N)cc1F. The van der Waals surface area contributed by atoms with E-state index in [4.69, 9.17) is 5.73 Å². The smallest absolute Gasteiger partial charge is 0.131 e. The van der Waals surface area contributed by atoms with Gasteiger partial charge in [-0.3, -0.25) is 0 Å². The van der Waals surface area contributed by atoms with Crippen molar-refractivity contribution < 1.29 is 4.39 Å². The monoisotopic (exact) mass is 245 g/mol. The normalized spacial score (nSPS) is 15.1. The number of nitrogens with two attached hydrogens (primary N) is 1. The molecule has 1 aliphatic rings. The van der Waals surface area contributed by atoms with Crippen LogP contribution in [0.5, 0.6) is 0 Å². The molecule has 4 heteroatoms. The molecule has 0 amide bonds. The Morgan fingerprint density at radius 1 is 1.39 bits per heavy atom. The van der Waals surface area contributed by atoms with Gasteiger partial charge in [0, 0.05) is 18.5 Å². The number of hydrogen-bond donors (Lipinski definition) is 1. The summed E-state index contributed by atoms with van der Waals surface area (Å²) in [5.74, 6) is 1.94. The van der Waals surface area contributed by atoms with Crippen LogP contribution in [-0.4, -0.2) is 9.55 Å². The largest absolute Gasteiger partial charge is 0.383 e. The molecule has 2 aromatic rings. The van der Waals surface area contributed by atoms with Crippen LogP contribution in [0.25, 0.3) is 11.3 Å². The molecule has 0 aliphatic heterocycles. The molecule has 0 radical (unpaired) electrons. The molecule has 2 N–H and O–H groups in total. The van der Waals surface area contributed by atoms with E-state index in [-0.39, 0.29) is 5.82 Å². The Balaban J connectivity index is 2.10. The lowest BCUT2D eigenvalue weighted by Crippen LogP contribution is -2.00. The topological polar surface area (TPSA) is 43.8 Å². The van der Waals surface area contributed by atoms with Gasteiger partial charge in [-0.05, 0) is 31.4 Å². The first kappa shape index (κ1) is 11.3. The number of aromatic nitrogens is 2. The third kappa shape index (κ3) is 1.68. The van der Waals surface area contributed by atoms with Crippen LogP contribution < -0.4 is 5.73 Å². The predicted octanol–water partition coefficient (Wildman–Crippen LogP) is 2.99. The van der Waals surface area contributed by atoms with Crippen LogP contribution in [-0.2, 0) is 7.05 Å². The highest BCUT2D eigenvalue weighted by atomic mass is 19.1. The molecule has 3 nitrogen and oxygen atoms in total. The van der Waals surface area contributed by atoms with Gasteiger partial charge in [0.05, 0.1) is 0 Å². The fourth-order valence-electron chi connectivity index (χ4n) is 2.19. The molecule has 3 rings (SSSR count). The molecule has 94 valence electrons. The Bertz CT molecular complexity index is 612. The maximum absolute atomic E-state index is 13.6. The zero-order valence-electron chi connectivity index (χ0n) is 10.6. The molecular weight excluding hydrogens is 229 g/mol. The highest BCUT2D eigenvalue weighted by Crippen LogP contribution is 2.41. The Kier molecular flexibility index (Phi) is 2.40. The molecule has 0 bridgehead atoms. The van der Waals surface area contributed by atoms with Crippen molar-refractivity contribution in [2.45, 2.75) is 25.7 Å². The highest BCUT2D eigenvalue weighted by molar-refractivity contribution is 5.71. The Morgan fingerprint density at radius 2 is 2.11 bits per heavy atom. The van der Waals surface area contributed by atoms with Gasteiger partial charge in [-0.1, -0.05) is 12.1 Å². The molecule has 0 saturated heterocycles. The summed E-state index contributed by atoms with van der Waals surface area (Å²) in [5, 5.41) is 0. The van der Waals surface area contributed by atoms with Crippen molar-refractivity contribution in [1.82, 2.24) is 9.55 Å². The zero-order chi connectivity index (χ0) is 12.9. The second-order valence-electron chi connectivity index (χ2n) is 5.00. The minimum Gasteiger partial charge on any atom is -0.383 e. The van der Waals surface area contributed by atoms with E-state index in [0.29, 0.717) is 23.0 Å². The van der Waals surface area contributed by atoms with E-state index in [0.717, 1.165) is 11.4 Å². The maximum Gasteiger partial charge on any atom is 0.131 e. The number of rotatable bonds is 2. The van der Waals surface area contributed by atoms with Crippen molar-refractivity contribution in [2.24, 2.45) is 7.05 Å². The number of benzene rings is 1. The van der Waals surface area contributed by atoms with Crippen LogP contribution in [0.2, 0.25) is 0 Å². The zero-order valence-corrected chi connectivity index (χ0v) is 10.6. The third-order valence-corrected chi connectivity index (χ3v) is 3.56. The number of aryl methyl sites for hydroxylation is 1. The molecule has 1 aliphatic carbocycles. The Labute approximate surface area is 105 Å². The maximum atomic E-state index is 13.6. The average molecular weight is 245 g/mol. The number of nitrogens with zero attached hydrogens (tertiary/aromatic N) is 2. The molecule has 1 aromatic carbocycles. The fourth-order valence-corrected chi connectivity index (χ4v) is 2.19. The van der Waals surface area contributed by atoms with Gasteiger partial charge in [-0.15, -0.1) is 0 Å². The van der Waals surface area contributed by atoms with E-state index in [1.54, 1.807) is 13.0 Å². The first-order valence-electron chi connectivity index (χ1n) is 6.16. The van der Waals surface area contributed by atoms with Crippen molar-refractivity contribution >= 4 is 5.82 Å². The Hall–Kier alpha value is -1.84. The van der Waals surface area contributed by atoms with E-state index in [1.165, 1.54) is 18.9 Å². The minimum absolute atomic E-state index is 0.217. The first-order chi connectivity index (χ1) is 8.58. The fraction of sp³-hybridized carbons (Fsp3) is 0.357. The Morgan fingerprint density at radius 3 is 2.72 bits per heavy atom. The van der Waals surface area contributed by atoms with Crippen molar-refractivity contribution in [3.8, 4) is 11.3 Å². The van der Waals surface area contributed by atoms with Crippen LogP contribution in [0.4, 0.5) is 10.2 Å². The van der Waals surface area contributed by atoms with Crippen LogP contribution in [0, 0.1) is 12.7 Å². The summed E-state index contributed by atoms with van der Waals surface area (Å²) in [6.45, 7) is 1.75. The van der Waals surface area contributed by atoms with Gasteiger partial charge >= 0.3 is 0 Å². The van der Waals surface area contributed by atoms with E-state index in [1.807, 2.05) is 17.7 Å². The highest BCUT2D eigenvalue weighted by Gasteiger charge is 2.29. The summed E-state index contributed by atoms with van der Waals surface area (Å²) in [5.41, 5.74) is 8.14. The lowest BCUT2D eigenvalue weighted by molar-refractivity contribution is 0.619. The first-order valence-corrected chi connectivity index (χ1v) is 6.16. The van der Waals surface area contributed by atoms with Crippen molar-refractivity contribution in [1.29, 1.82) is 0 Å². The summed E-state index contributed by atoms with van der Waals surface area (Å²) in [7, 11) is 1.92. The summed E-state index contributed by atoms with van der Waals surface area (Å²) < 4.78 is 15.5. The van der Waals surface area contributed by atoms with Gasteiger partial charge < -0.3 is 10.3 Å². The molecule has 18 heavy (non-hydrogen) atoms. The number of halogens is 1. The molecule has 0 spiro atoms. The summed E-state index contributed by atoms with van der Waals surface area (Å²) >= 11 is 0. The van der Waals surface area contributed by atoms with Crippen LogP contribution in [0.1, 0.15) is 30.1 Å². The predicted molar refractivity (Wildman–Crippen MR) is 69.7 cm³/mol. The molecule has 1 saturated carbocycles. The minimum atomic E-state index is -0.217. The van der Waals surface area contributed by atoms with Gasteiger partial charge in [-0.25, -0.2) is 9.37 Å². The lowest BCUT2D eigenvalue weighted by Gasteiger charge is -2.02. The molecule has 1 fully saturated rings. The van der Waals surface area contributed by atoms with Crippen LogP contribution in [0.3, 0.4) is 0 Å². The van der Waals surface area contributed by atoms with E-state index in [2.05, 4.69) is 4.98 Å². The quantitative estimate of drug-likeness (QED) is 0.883. The molecular formula is C14H16FN3. The van der Waals surface area contributed by atoms with E-state index < -0.39 is 0 Å². The second kappa shape index (κ2) is 3.83. The van der Waals surface area contributed by atoms with E-state index in [9.17, 15) is 4.39 Å². The number of nitrogen functional groups attached to an aromatic ring is 1.